The molecule has 40 valence electrons. The molecule has 2 atom stereocenters. The van der Waals surface area contributed by atoms with Crippen molar-refractivity contribution in [2.45, 2.75) is 18.9 Å². The number of hydrogen-bond donors (Lipinski definition) is 1. The van der Waals surface area contributed by atoms with Crippen LogP contribution in [0, 0.1) is 5.92 Å². The smallest absolute Gasteiger partial charge is 0.0273 e. The van der Waals surface area contributed by atoms with E-state index < -0.39 is 0 Å². The summed E-state index contributed by atoms with van der Waals surface area (Å²) in [7, 11) is 0. The van der Waals surface area contributed by atoms with Crippen molar-refractivity contribution in [3.63, 3.8) is 0 Å². The van der Waals surface area contributed by atoms with Gasteiger partial charge in [-0.05, 0) is 18.8 Å². The van der Waals surface area contributed by atoms with Crippen LogP contribution in [0.3, 0.4) is 0 Å². The number of piperidine rings is 1. The van der Waals surface area contributed by atoms with Crippen molar-refractivity contribution in [1.29, 1.82) is 0 Å². The molecule has 0 spiro atoms. The zero-order chi connectivity index (χ0) is 4.85. The molecule has 0 amide bonds. The van der Waals surface area contributed by atoms with Gasteiger partial charge in [0.1, 0.15) is 0 Å². The first kappa shape index (κ1) is 3.87. The van der Waals surface area contributed by atoms with E-state index in [0.717, 1.165) is 18.5 Å². The molecule has 2 unspecified atom stereocenters. The predicted octanol–water partition coefficient (Wildman–Crippen LogP) is -0.0457. The number of hydrazine groups is 1. The fourth-order valence-electron chi connectivity index (χ4n) is 1.43. The molecule has 2 rings (SSSR count). The second-order valence-corrected chi connectivity index (χ2v) is 2.59. The first-order valence-electron chi connectivity index (χ1n) is 2.89. The SMILES string of the molecule is NN1CCC2CC21. The Morgan fingerprint density at radius 2 is 2.43 bits per heavy atom. The Kier molecular flexibility index (Phi) is 0.557. The van der Waals surface area contributed by atoms with Crippen LogP contribution in [0.1, 0.15) is 12.8 Å². The van der Waals surface area contributed by atoms with Crippen molar-refractivity contribution in [2.75, 3.05) is 6.54 Å². The van der Waals surface area contributed by atoms with Crippen LogP contribution in [-0.4, -0.2) is 17.6 Å². The Morgan fingerprint density at radius 1 is 1.57 bits per heavy atom. The molecule has 2 nitrogen and oxygen atoms in total. The fourth-order valence-corrected chi connectivity index (χ4v) is 1.43. The summed E-state index contributed by atoms with van der Waals surface area (Å²) in [4.78, 5) is 0. The van der Waals surface area contributed by atoms with E-state index in [9.17, 15) is 0 Å². The van der Waals surface area contributed by atoms with Crippen LogP contribution < -0.4 is 5.84 Å². The largest absolute Gasteiger partial charge is 0.269 e. The lowest BCUT2D eigenvalue weighted by atomic mass is 10.3. The molecule has 0 aromatic heterocycles. The molecule has 1 aliphatic carbocycles. The summed E-state index contributed by atoms with van der Waals surface area (Å²) in [5.74, 6) is 6.54. The number of nitrogens with zero attached hydrogens (tertiary/aromatic N) is 1. The topological polar surface area (TPSA) is 29.3 Å². The number of hydrogen-bond acceptors (Lipinski definition) is 2. The second-order valence-electron chi connectivity index (χ2n) is 2.59. The minimum absolute atomic E-state index is 0.792. The van der Waals surface area contributed by atoms with E-state index in [1.54, 1.807) is 0 Å². The van der Waals surface area contributed by atoms with Crippen LogP contribution in [-0.2, 0) is 0 Å². The first-order chi connectivity index (χ1) is 3.38. The van der Waals surface area contributed by atoms with E-state index in [1.807, 2.05) is 5.01 Å². The van der Waals surface area contributed by atoms with Gasteiger partial charge in [-0.3, -0.25) is 5.84 Å². The third-order valence-electron chi connectivity index (χ3n) is 2.07. The summed E-state index contributed by atoms with van der Waals surface area (Å²) in [6.45, 7) is 1.13. The molecule has 1 heterocycles. The van der Waals surface area contributed by atoms with E-state index in [2.05, 4.69) is 0 Å². The molecule has 0 radical (unpaired) electrons. The highest BCUT2D eigenvalue weighted by atomic mass is 15.4. The second kappa shape index (κ2) is 1.01. The number of fused-ring (bicyclic) bond motifs is 1. The maximum Gasteiger partial charge on any atom is 0.0273 e. The highest BCUT2D eigenvalue weighted by Gasteiger charge is 2.45. The van der Waals surface area contributed by atoms with Crippen molar-refractivity contribution >= 4 is 0 Å². The molecule has 0 aromatic carbocycles. The zero-order valence-electron chi connectivity index (χ0n) is 4.30. The average molecular weight is 98.1 g/mol. The monoisotopic (exact) mass is 98.1 g/mol. The molecular weight excluding hydrogens is 88.1 g/mol. The Morgan fingerprint density at radius 3 is 2.57 bits per heavy atom. The molecule has 1 aliphatic heterocycles. The van der Waals surface area contributed by atoms with E-state index in [4.69, 9.17) is 5.84 Å². The lowest BCUT2D eigenvalue weighted by molar-refractivity contribution is 0.312. The van der Waals surface area contributed by atoms with Gasteiger partial charge in [-0.15, -0.1) is 0 Å². The quantitative estimate of drug-likeness (QED) is 0.430. The molecule has 0 bridgehead atoms. The predicted molar refractivity (Wildman–Crippen MR) is 27.4 cm³/mol. The van der Waals surface area contributed by atoms with Crippen LogP contribution in [0.2, 0.25) is 0 Å². The molecule has 1 saturated carbocycles. The van der Waals surface area contributed by atoms with Gasteiger partial charge in [-0.1, -0.05) is 0 Å². The van der Waals surface area contributed by atoms with Crippen LogP contribution >= 0.6 is 0 Å². The third-order valence-corrected chi connectivity index (χ3v) is 2.07. The van der Waals surface area contributed by atoms with Gasteiger partial charge < -0.3 is 0 Å². The van der Waals surface area contributed by atoms with Crippen LogP contribution in [0.4, 0.5) is 0 Å². The Balaban J connectivity index is 2.08. The summed E-state index contributed by atoms with van der Waals surface area (Å²) in [5, 5.41) is 1.98. The van der Waals surface area contributed by atoms with E-state index in [1.165, 1.54) is 12.8 Å². The molecule has 2 aliphatic rings. The van der Waals surface area contributed by atoms with Crippen molar-refractivity contribution < 1.29 is 0 Å². The molecule has 2 heteroatoms. The van der Waals surface area contributed by atoms with Gasteiger partial charge >= 0.3 is 0 Å². The van der Waals surface area contributed by atoms with Gasteiger partial charge in [0.25, 0.3) is 0 Å². The molecule has 2 N–H and O–H groups in total. The Hall–Kier alpha value is -0.0800. The summed E-state index contributed by atoms with van der Waals surface area (Å²) in [5.41, 5.74) is 0. The maximum absolute atomic E-state index is 5.55. The average Bonchev–Trinajstić information content (AvgIpc) is 2.33. The molecule has 2 fully saturated rings. The van der Waals surface area contributed by atoms with Gasteiger partial charge in [-0.25, -0.2) is 5.01 Å². The van der Waals surface area contributed by atoms with Gasteiger partial charge in [-0.2, -0.15) is 0 Å². The first-order valence-corrected chi connectivity index (χ1v) is 2.89. The third kappa shape index (κ3) is 0.409. The highest BCUT2D eigenvalue weighted by Crippen LogP contribution is 2.42. The normalized spacial score (nSPS) is 49.3. The Bertz CT molecular complexity index is 92.1. The lowest BCUT2D eigenvalue weighted by Crippen LogP contribution is -2.30. The maximum atomic E-state index is 5.55. The van der Waals surface area contributed by atoms with E-state index in [0.29, 0.717) is 0 Å². The minimum Gasteiger partial charge on any atom is -0.269 e. The van der Waals surface area contributed by atoms with E-state index in [-0.39, 0.29) is 0 Å². The highest BCUT2D eigenvalue weighted by molar-refractivity contribution is 4.98. The van der Waals surface area contributed by atoms with Gasteiger partial charge in [0.2, 0.25) is 0 Å². The summed E-state index contributed by atoms with van der Waals surface area (Å²) < 4.78 is 0. The van der Waals surface area contributed by atoms with Crippen LogP contribution in [0.5, 0.6) is 0 Å². The van der Waals surface area contributed by atoms with Crippen molar-refractivity contribution in [3.8, 4) is 0 Å². The van der Waals surface area contributed by atoms with Crippen molar-refractivity contribution in [2.24, 2.45) is 11.8 Å². The van der Waals surface area contributed by atoms with E-state index >= 15 is 0 Å². The number of rotatable bonds is 0. The summed E-state index contributed by atoms with van der Waals surface area (Å²) in [6.07, 6.45) is 2.72. The van der Waals surface area contributed by atoms with Crippen molar-refractivity contribution in [1.82, 2.24) is 5.01 Å². The van der Waals surface area contributed by atoms with Gasteiger partial charge in [0.05, 0.1) is 0 Å². The number of nitrogens with two attached hydrogens (primary N) is 1. The minimum atomic E-state index is 0.792. The fraction of sp³-hybridized carbons (Fsp3) is 1.00. The summed E-state index contributed by atoms with van der Waals surface area (Å²) in [6, 6.07) is 0.792. The van der Waals surface area contributed by atoms with Crippen molar-refractivity contribution in [3.05, 3.63) is 0 Å². The van der Waals surface area contributed by atoms with Crippen LogP contribution in [0.25, 0.3) is 0 Å². The van der Waals surface area contributed by atoms with Gasteiger partial charge in [0.15, 0.2) is 0 Å². The lowest BCUT2D eigenvalue weighted by Gasteiger charge is -2.06. The molecule has 1 saturated heterocycles. The van der Waals surface area contributed by atoms with Gasteiger partial charge in [0, 0.05) is 12.6 Å². The zero-order valence-corrected chi connectivity index (χ0v) is 4.30. The molecule has 7 heavy (non-hydrogen) atoms. The Labute approximate surface area is 43.3 Å². The standard InChI is InChI=1S/C5H10N2/c6-7-2-1-4-3-5(4)7/h4-5H,1-3,6H2. The summed E-state index contributed by atoms with van der Waals surface area (Å²) >= 11 is 0. The molecule has 0 aromatic rings. The molecular formula is C5H10N2. The van der Waals surface area contributed by atoms with Crippen LogP contribution in [0.15, 0.2) is 0 Å².